The van der Waals surface area contributed by atoms with Gasteiger partial charge in [-0.1, -0.05) is 0 Å². The lowest BCUT2D eigenvalue weighted by molar-refractivity contribution is 0.597. The van der Waals surface area contributed by atoms with Gasteiger partial charge in [0.25, 0.3) is 10.0 Å². The molecule has 1 aromatic carbocycles. The van der Waals surface area contributed by atoms with Gasteiger partial charge in [0.15, 0.2) is 5.03 Å². The van der Waals surface area contributed by atoms with Crippen LogP contribution < -0.4 is 4.72 Å². The maximum Gasteiger partial charge on any atom is 0.278 e. The van der Waals surface area contributed by atoms with Crippen molar-refractivity contribution in [1.29, 1.82) is 0 Å². The second-order valence-electron chi connectivity index (χ2n) is 3.03. The molecule has 1 heterocycles. The number of nitrogens with one attached hydrogen (secondary N) is 2. The normalized spacial score (nSPS) is 11.3. The highest BCUT2D eigenvalue weighted by atomic mass is 127. The molecule has 0 radical (unpaired) electrons. The lowest BCUT2D eigenvalue weighted by Gasteiger charge is -2.05. The molecule has 2 N–H and O–H groups in total. The minimum atomic E-state index is -3.55. The van der Waals surface area contributed by atoms with Gasteiger partial charge in [0.05, 0.1) is 6.20 Å². The highest BCUT2D eigenvalue weighted by molar-refractivity contribution is 14.1. The molecule has 0 bridgehead atoms. The first-order valence-corrected chi connectivity index (χ1v) is 6.92. The van der Waals surface area contributed by atoms with Crippen LogP contribution >= 0.6 is 22.6 Å². The number of hydrogen-bond donors (Lipinski definition) is 2. The van der Waals surface area contributed by atoms with Crippen LogP contribution in [0.1, 0.15) is 0 Å². The molecule has 0 aliphatic carbocycles. The smallest absolute Gasteiger partial charge is 0.278 e. The summed E-state index contributed by atoms with van der Waals surface area (Å²) in [5.74, 6) is 0. The molecule has 0 saturated carbocycles. The van der Waals surface area contributed by atoms with E-state index in [-0.39, 0.29) is 5.03 Å². The Balaban J connectivity index is 2.25. The van der Waals surface area contributed by atoms with E-state index < -0.39 is 10.0 Å². The third kappa shape index (κ3) is 2.53. The second-order valence-corrected chi connectivity index (χ2v) is 5.93. The van der Waals surface area contributed by atoms with Gasteiger partial charge in [0, 0.05) is 9.26 Å². The summed E-state index contributed by atoms with van der Waals surface area (Å²) in [7, 11) is -3.55. The molecular formula is C9H8IN3O2S. The maximum atomic E-state index is 11.8. The van der Waals surface area contributed by atoms with E-state index >= 15 is 0 Å². The Morgan fingerprint density at radius 2 is 1.88 bits per heavy atom. The fraction of sp³-hybridized carbons (Fsp3) is 0. The fourth-order valence-electron chi connectivity index (χ4n) is 1.12. The minimum absolute atomic E-state index is 0.0473. The summed E-state index contributed by atoms with van der Waals surface area (Å²) in [4.78, 5) is 0. The molecule has 0 saturated heterocycles. The zero-order valence-electron chi connectivity index (χ0n) is 8.01. The van der Waals surface area contributed by atoms with Gasteiger partial charge >= 0.3 is 0 Å². The number of hydrogen-bond acceptors (Lipinski definition) is 3. The van der Waals surface area contributed by atoms with E-state index in [2.05, 4.69) is 37.5 Å². The highest BCUT2D eigenvalue weighted by Gasteiger charge is 2.14. The summed E-state index contributed by atoms with van der Waals surface area (Å²) in [5.41, 5.74) is 0.523. The Bertz CT molecular complexity index is 563. The Morgan fingerprint density at radius 1 is 1.19 bits per heavy atom. The van der Waals surface area contributed by atoms with Crippen LogP contribution in [0.4, 0.5) is 5.69 Å². The maximum absolute atomic E-state index is 11.8. The standard InChI is InChI=1S/C9H8IN3O2S/c10-7-1-3-8(4-2-7)13-16(14,15)9-5-6-11-12-9/h1-6,13H,(H,11,12). The molecule has 2 aromatic rings. The van der Waals surface area contributed by atoms with E-state index in [0.29, 0.717) is 5.69 Å². The topological polar surface area (TPSA) is 74.8 Å². The summed E-state index contributed by atoms with van der Waals surface area (Å²) >= 11 is 2.15. The van der Waals surface area contributed by atoms with Crippen molar-refractivity contribution >= 4 is 38.3 Å². The van der Waals surface area contributed by atoms with Crippen molar-refractivity contribution in [2.45, 2.75) is 5.03 Å². The first-order valence-electron chi connectivity index (χ1n) is 4.36. The van der Waals surface area contributed by atoms with Gasteiger partial charge in [0.1, 0.15) is 0 Å². The van der Waals surface area contributed by atoms with E-state index in [9.17, 15) is 8.42 Å². The number of nitrogens with zero attached hydrogens (tertiary/aromatic N) is 1. The van der Waals surface area contributed by atoms with E-state index in [1.54, 1.807) is 12.1 Å². The Morgan fingerprint density at radius 3 is 2.44 bits per heavy atom. The van der Waals surface area contributed by atoms with Crippen LogP contribution in [0.25, 0.3) is 0 Å². The van der Waals surface area contributed by atoms with Crippen molar-refractivity contribution in [3.8, 4) is 0 Å². The minimum Gasteiger partial charge on any atom is -0.278 e. The largest absolute Gasteiger partial charge is 0.278 e. The zero-order valence-corrected chi connectivity index (χ0v) is 11.0. The van der Waals surface area contributed by atoms with Crippen LogP contribution in [-0.4, -0.2) is 18.6 Å². The van der Waals surface area contributed by atoms with E-state index in [1.807, 2.05) is 12.1 Å². The monoisotopic (exact) mass is 349 g/mol. The zero-order chi connectivity index (χ0) is 11.6. The molecule has 0 spiro atoms. The summed E-state index contributed by atoms with van der Waals surface area (Å²) in [6.45, 7) is 0. The third-order valence-corrected chi connectivity index (χ3v) is 3.89. The summed E-state index contributed by atoms with van der Waals surface area (Å²) in [5, 5.41) is 6.05. The van der Waals surface area contributed by atoms with Crippen molar-refractivity contribution in [3.05, 3.63) is 40.1 Å². The van der Waals surface area contributed by atoms with Crippen LogP contribution in [0.5, 0.6) is 0 Å². The number of H-pyrrole nitrogens is 1. The number of halogens is 1. The number of aromatic nitrogens is 2. The summed E-state index contributed by atoms with van der Waals surface area (Å²) < 4.78 is 27.0. The van der Waals surface area contributed by atoms with Crippen molar-refractivity contribution in [2.75, 3.05) is 4.72 Å². The predicted octanol–water partition coefficient (Wildman–Crippen LogP) is 1.82. The third-order valence-electron chi connectivity index (χ3n) is 1.86. The average Bonchev–Trinajstić information content (AvgIpc) is 2.75. The Labute approximate surface area is 106 Å². The highest BCUT2D eigenvalue weighted by Crippen LogP contribution is 2.15. The molecule has 1 aromatic heterocycles. The molecule has 5 nitrogen and oxygen atoms in total. The van der Waals surface area contributed by atoms with Crippen LogP contribution in [-0.2, 0) is 10.0 Å². The molecule has 2 rings (SSSR count). The lowest BCUT2D eigenvalue weighted by Crippen LogP contribution is -2.13. The fourth-order valence-corrected chi connectivity index (χ4v) is 2.45. The van der Waals surface area contributed by atoms with E-state index in [0.717, 1.165) is 3.57 Å². The van der Waals surface area contributed by atoms with E-state index in [4.69, 9.17) is 0 Å². The SMILES string of the molecule is O=S(=O)(Nc1ccc(I)cc1)c1ccn[nH]1. The molecule has 0 atom stereocenters. The molecule has 16 heavy (non-hydrogen) atoms. The molecule has 0 fully saturated rings. The van der Waals surface area contributed by atoms with E-state index in [1.165, 1.54) is 12.3 Å². The van der Waals surface area contributed by atoms with Gasteiger partial charge in [-0.2, -0.15) is 13.5 Å². The molecule has 84 valence electrons. The molecule has 0 unspecified atom stereocenters. The summed E-state index contributed by atoms with van der Waals surface area (Å²) in [6.07, 6.45) is 1.39. The van der Waals surface area contributed by atoms with Gasteiger partial charge in [-0.15, -0.1) is 0 Å². The number of benzene rings is 1. The Hall–Kier alpha value is -1.09. The molecule has 0 aliphatic heterocycles. The number of rotatable bonds is 3. The van der Waals surface area contributed by atoms with Gasteiger partial charge in [0.2, 0.25) is 0 Å². The van der Waals surface area contributed by atoms with Crippen molar-refractivity contribution in [2.24, 2.45) is 0 Å². The molecule has 0 aliphatic rings. The molecular weight excluding hydrogens is 341 g/mol. The van der Waals surface area contributed by atoms with Gasteiger partial charge in [-0.25, -0.2) is 0 Å². The van der Waals surface area contributed by atoms with Crippen LogP contribution in [0.3, 0.4) is 0 Å². The van der Waals surface area contributed by atoms with Gasteiger partial charge in [-0.05, 0) is 52.9 Å². The van der Waals surface area contributed by atoms with Crippen LogP contribution in [0, 0.1) is 3.57 Å². The molecule has 0 amide bonds. The quantitative estimate of drug-likeness (QED) is 0.830. The van der Waals surface area contributed by atoms with Crippen LogP contribution in [0.2, 0.25) is 0 Å². The van der Waals surface area contributed by atoms with Crippen molar-refractivity contribution < 1.29 is 8.42 Å². The Kier molecular flexibility index (Phi) is 3.15. The average molecular weight is 349 g/mol. The predicted molar refractivity (Wildman–Crippen MR) is 68.6 cm³/mol. The first kappa shape index (κ1) is 11.4. The number of aromatic amines is 1. The van der Waals surface area contributed by atoms with Crippen LogP contribution in [0.15, 0.2) is 41.6 Å². The van der Waals surface area contributed by atoms with Crippen molar-refractivity contribution in [1.82, 2.24) is 10.2 Å². The first-order chi connectivity index (χ1) is 7.58. The molecule has 7 heteroatoms. The lowest BCUT2D eigenvalue weighted by atomic mass is 10.3. The number of anilines is 1. The van der Waals surface area contributed by atoms with Crippen molar-refractivity contribution in [3.63, 3.8) is 0 Å². The van der Waals surface area contributed by atoms with Gasteiger partial charge in [-0.3, -0.25) is 9.82 Å². The second kappa shape index (κ2) is 4.42. The van der Waals surface area contributed by atoms with Gasteiger partial charge < -0.3 is 0 Å². The number of sulfonamides is 1. The summed E-state index contributed by atoms with van der Waals surface area (Å²) in [6, 6.07) is 8.46.